The van der Waals surface area contributed by atoms with Crippen LogP contribution < -0.4 is 10.6 Å². The Balaban J connectivity index is 0.000000167. The first kappa shape index (κ1) is 60.7. The first-order valence-electron chi connectivity index (χ1n) is 32.4. The predicted molar refractivity (Wildman–Crippen MR) is 356 cm³/mol. The number of benzene rings is 4. The summed E-state index contributed by atoms with van der Waals surface area (Å²) >= 11 is 0. The van der Waals surface area contributed by atoms with Crippen molar-refractivity contribution in [2.24, 2.45) is 14.1 Å². The summed E-state index contributed by atoms with van der Waals surface area (Å²) in [5.41, 5.74) is 14.5. The largest absolute Gasteiger partial charge is 0.339 e. The highest BCUT2D eigenvalue weighted by atomic mass is 19.1. The molecular formula is C75H78F2N10O4. The number of rotatable bonds is 14. The molecule has 2 N–H and O–H groups in total. The molecule has 91 heavy (non-hydrogen) atoms. The van der Waals surface area contributed by atoms with E-state index in [1.807, 2.05) is 81.7 Å². The minimum atomic E-state index is -0.560. The van der Waals surface area contributed by atoms with Gasteiger partial charge in [-0.15, -0.1) is 0 Å². The van der Waals surface area contributed by atoms with Crippen LogP contribution >= 0.6 is 0 Å². The van der Waals surface area contributed by atoms with Crippen LogP contribution in [0.5, 0.6) is 0 Å². The Kier molecular flexibility index (Phi) is 16.4. The van der Waals surface area contributed by atoms with E-state index in [0.29, 0.717) is 23.2 Å². The Morgan fingerprint density at radius 3 is 1.42 bits per heavy atom. The van der Waals surface area contributed by atoms with Crippen LogP contribution in [0.2, 0.25) is 0 Å². The number of ketones is 2. The third kappa shape index (κ3) is 11.4. The number of carbonyl (C=O) groups is 4. The molecule has 14 nitrogen and oxygen atoms in total. The Morgan fingerprint density at radius 2 is 0.978 bits per heavy atom. The number of imidazole rings is 2. The van der Waals surface area contributed by atoms with Crippen molar-refractivity contribution < 1.29 is 28.0 Å². The summed E-state index contributed by atoms with van der Waals surface area (Å²) in [7, 11) is 3.99. The zero-order valence-electron chi connectivity index (χ0n) is 53.1. The SMILES string of the molecule is CC(=O)/C=C/c1cc2c(cc1C)nc(C1(NC(=O)c3ccc4c(c3)c(C)c(-c3ccc(F)cn3)n4C3CCCCC3)CCC1)n2C.CC(=O)/C=C/c1ccc2nc(C3(NC(=O)c4ccc5c(c4)c(C)c(-c4ccc(F)cn4)n5C4CCCCC4)CCC3)n(C)c2c1. The molecular weight excluding hydrogens is 1140 g/mol. The molecule has 4 saturated carbocycles. The minimum absolute atomic E-state index is 0.000736. The minimum Gasteiger partial charge on any atom is -0.339 e. The molecule has 0 saturated heterocycles. The van der Waals surface area contributed by atoms with E-state index in [0.717, 1.165) is 170 Å². The molecule has 14 rings (SSSR count). The second kappa shape index (κ2) is 24.6. The number of hydrogen-bond donors (Lipinski definition) is 2. The average Bonchev–Trinajstić information content (AvgIpc) is 1.80. The molecule has 0 atom stereocenters. The number of carbonyl (C=O) groups excluding carboxylic acids is 4. The van der Waals surface area contributed by atoms with Crippen molar-refractivity contribution in [3.8, 4) is 22.8 Å². The van der Waals surface area contributed by atoms with Crippen LogP contribution in [0.25, 0.3) is 78.8 Å². The zero-order valence-corrected chi connectivity index (χ0v) is 53.1. The van der Waals surface area contributed by atoms with E-state index in [1.165, 1.54) is 70.0 Å². The monoisotopic (exact) mass is 1220 g/mol. The maximum Gasteiger partial charge on any atom is 0.252 e. The van der Waals surface area contributed by atoms with Gasteiger partial charge in [0.15, 0.2) is 11.6 Å². The third-order valence-electron chi connectivity index (χ3n) is 20.0. The van der Waals surface area contributed by atoms with Crippen LogP contribution in [0, 0.1) is 32.4 Å². The summed E-state index contributed by atoms with van der Waals surface area (Å²) in [6.07, 6.45) is 26.2. The molecule has 4 aromatic carbocycles. The quantitative estimate of drug-likeness (QED) is 0.102. The van der Waals surface area contributed by atoms with Crippen LogP contribution in [-0.2, 0) is 34.8 Å². The molecule has 466 valence electrons. The van der Waals surface area contributed by atoms with Crippen LogP contribution in [0.15, 0.2) is 116 Å². The van der Waals surface area contributed by atoms with Crippen molar-refractivity contribution in [2.75, 3.05) is 0 Å². The number of nitrogens with one attached hydrogen (secondary N) is 2. The number of pyridine rings is 2. The lowest BCUT2D eigenvalue weighted by Gasteiger charge is -2.41. The molecule has 0 aliphatic heterocycles. The van der Waals surface area contributed by atoms with Gasteiger partial charge in [0.1, 0.15) is 23.3 Å². The summed E-state index contributed by atoms with van der Waals surface area (Å²) in [4.78, 5) is 69.9. The molecule has 2 amide bonds. The van der Waals surface area contributed by atoms with Crippen LogP contribution in [0.4, 0.5) is 8.78 Å². The number of allylic oxidation sites excluding steroid dienone is 2. The lowest BCUT2D eigenvalue weighted by molar-refractivity contribution is -0.113. The second-order valence-electron chi connectivity index (χ2n) is 26.1. The molecule has 10 aromatic rings. The van der Waals surface area contributed by atoms with Crippen molar-refractivity contribution in [1.29, 1.82) is 0 Å². The number of hydrogen-bond acceptors (Lipinski definition) is 8. The van der Waals surface area contributed by atoms with Gasteiger partial charge in [0.05, 0.1) is 68.3 Å². The molecule has 0 radical (unpaired) electrons. The highest BCUT2D eigenvalue weighted by Gasteiger charge is 2.46. The Hall–Kier alpha value is -9.18. The van der Waals surface area contributed by atoms with Gasteiger partial charge in [0, 0.05) is 59.1 Å². The van der Waals surface area contributed by atoms with Gasteiger partial charge in [-0.1, -0.05) is 56.7 Å². The van der Waals surface area contributed by atoms with Crippen LogP contribution in [0.3, 0.4) is 0 Å². The highest BCUT2D eigenvalue weighted by Crippen LogP contribution is 2.46. The first-order valence-corrected chi connectivity index (χ1v) is 32.4. The Bertz CT molecular complexity index is 4580. The Labute approximate surface area is 528 Å². The third-order valence-corrected chi connectivity index (χ3v) is 20.0. The number of fused-ring (bicyclic) bond motifs is 4. The van der Waals surface area contributed by atoms with E-state index in [4.69, 9.17) is 9.97 Å². The van der Waals surface area contributed by atoms with Crippen molar-refractivity contribution in [2.45, 2.75) is 161 Å². The summed E-state index contributed by atoms with van der Waals surface area (Å²) in [6.45, 7) is 9.26. The molecule has 16 heteroatoms. The van der Waals surface area contributed by atoms with Gasteiger partial charge >= 0.3 is 0 Å². The van der Waals surface area contributed by atoms with Crippen molar-refractivity contribution >= 4 is 79.4 Å². The van der Waals surface area contributed by atoms with Gasteiger partial charge in [-0.25, -0.2) is 18.7 Å². The molecule has 6 aromatic heterocycles. The summed E-state index contributed by atoms with van der Waals surface area (Å²) in [5.74, 6) is 0.733. The van der Waals surface area contributed by atoms with Gasteiger partial charge < -0.3 is 28.9 Å². The predicted octanol–water partition coefficient (Wildman–Crippen LogP) is 16.2. The van der Waals surface area contributed by atoms with E-state index in [1.54, 1.807) is 31.2 Å². The first-order chi connectivity index (χ1) is 43.9. The summed E-state index contributed by atoms with van der Waals surface area (Å²) in [6, 6.07) is 29.2. The number of amides is 2. The highest BCUT2D eigenvalue weighted by molar-refractivity contribution is 6.03. The number of aromatic nitrogens is 8. The maximum absolute atomic E-state index is 14.0. The average molecular weight is 1220 g/mol. The van der Waals surface area contributed by atoms with Crippen molar-refractivity contribution in [1.82, 2.24) is 48.8 Å². The number of halogens is 2. The van der Waals surface area contributed by atoms with Gasteiger partial charge in [0.2, 0.25) is 0 Å². The van der Waals surface area contributed by atoms with Crippen LogP contribution in [-0.4, -0.2) is 61.6 Å². The molecule has 0 bridgehead atoms. The fourth-order valence-corrected chi connectivity index (χ4v) is 14.9. The molecule has 0 unspecified atom stereocenters. The van der Waals surface area contributed by atoms with Crippen molar-refractivity contribution in [3.05, 3.63) is 178 Å². The topological polar surface area (TPSA) is 164 Å². The van der Waals surface area contributed by atoms with Crippen LogP contribution in [0.1, 0.15) is 189 Å². The summed E-state index contributed by atoms with van der Waals surface area (Å²) < 4.78 is 36.6. The molecule has 6 heterocycles. The fraction of sp³-hybridized carbons (Fsp3) is 0.360. The van der Waals surface area contributed by atoms with Gasteiger partial charge in [-0.3, -0.25) is 29.1 Å². The lowest BCUT2D eigenvalue weighted by Crippen LogP contribution is -2.52. The van der Waals surface area contributed by atoms with Crippen molar-refractivity contribution in [3.63, 3.8) is 0 Å². The molecule has 4 aliphatic rings. The van der Waals surface area contributed by atoms with E-state index in [-0.39, 0.29) is 35.0 Å². The van der Waals surface area contributed by atoms with E-state index in [2.05, 4.69) is 70.9 Å². The van der Waals surface area contributed by atoms with Gasteiger partial charge in [0.25, 0.3) is 11.8 Å². The zero-order chi connectivity index (χ0) is 63.5. The maximum atomic E-state index is 14.0. The normalized spacial score (nSPS) is 16.8. The number of aryl methyl sites for hydroxylation is 5. The van der Waals surface area contributed by atoms with E-state index < -0.39 is 11.1 Å². The lowest BCUT2D eigenvalue weighted by atomic mass is 9.75. The van der Waals surface area contributed by atoms with Gasteiger partial charge in [-0.2, -0.15) is 0 Å². The molecule has 4 aliphatic carbocycles. The fourth-order valence-electron chi connectivity index (χ4n) is 14.9. The second-order valence-corrected chi connectivity index (χ2v) is 26.1. The summed E-state index contributed by atoms with van der Waals surface area (Å²) in [5, 5.41) is 8.82. The van der Waals surface area contributed by atoms with E-state index in [9.17, 15) is 28.0 Å². The van der Waals surface area contributed by atoms with Gasteiger partial charge in [-0.05, 0) is 224 Å². The molecule has 4 fully saturated rings. The number of nitrogens with zero attached hydrogens (tertiary/aromatic N) is 8. The van der Waals surface area contributed by atoms with E-state index >= 15 is 0 Å². The standard InChI is InChI=1S/C38H40FN5O2.C37H38FN5O2/c1-23-19-32-34(21-26(23)12-11-24(2)45)43(4)37(41-32)38(17-8-18-38)42-36(46)27-13-16-33-30(20-27)25(3)35(31-15-14-28(39)22-40-31)44(33)29-9-6-5-7-10-29;1-23(44)10-11-25-12-15-30-33(20-25)42(3)36(40-30)37(18-7-19-37)41-35(45)26-13-17-32-29(21-26)24(2)34(31-16-14-27(38)22-39-31)43(32)28-8-5-4-6-9-28/h11-16,19-22,29H,5-10,17-18H2,1-4H3,(H,42,46);10-17,20-22,28H,4-9,18-19H2,1-3H3,(H,41,45)/b12-11+;11-10+. The molecule has 0 spiro atoms. The smallest absolute Gasteiger partial charge is 0.252 e. The Morgan fingerprint density at radius 1 is 0.516 bits per heavy atom.